The number of phenolic OH excluding ortho intramolecular Hbond substituents is 1. The number of nitrogens with zero attached hydrogens (tertiary/aromatic N) is 1. The zero-order valence-corrected chi connectivity index (χ0v) is 23.0. The number of ketones is 4. The van der Waals surface area contributed by atoms with Crippen molar-refractivity contribution in [2.45, 2.75) is 43.9 Å². The molecule has 1 saturated heterocycles. The van der Waals surface area contributed by atoms with Gasteiger partial charge in [-0.3, -0.25) is 28.9 Å². The van der Waals surface area contributed by atoms with E-state index in [0.29, 0.717) is 23.4 Å². The molecule has 11 nitrogen and oxygen atoms in total. The highest BCUT2D eigenvalue weighted by molar-refractivity contribution is 6.31. The van der Waals surface area contributed by atoms with Crippen LogP contribution in [0.15, 0.2) is 30.3 Å². The molecule has 1 aliphatic heterocycles. The van der Waals surface area contributed by atoms with E-state index in [1.807, 2.05) is 18.2 Å². The van der Waals surface area contributed by atoms with Gasteiger partial charge in [-0.05, 0) is 67.2 Å². The van der Waals surface area contributed by atoms with Gasteiger partial charge in [-0.2, -0.15) is 0 Å². The standard InChI is InChI=1S/C31H32N2O9/c1-42-22-7-4-14(10-15(22)13-33-8-2-3-9-33)16-5-6-20(34)23-17(16)11-18-24(27(23)37)28(38)31(41)19(26(18)36)12-21(35)25(29(31)39)30(32)40/h4-7,10,18-19,24-26,34,36,41H,2-3,8-9,11-13H2,1H3,(H2,32,40)/t18-,19-,24?,25?,26+,31+/m1/s1. The summed E-state index contributed by atoms with van der Waals surface area (Å²) in [6, 6.07) is 8.65. The third-order valence-corrected chi connectivity index (χ3v) is 9.58. The largest absolute Gasteiger partial charge is 0.507 e. The van der Waals surface area contributed by atoms with Crippen LogP contribution in [-0.4, -0.2) is 81.2 Å². The lowest BCUT2D eigenvalue weighted by Gasteiger charge is -2.51. The lowest BCUT2D eigenvalue weighted by atomic mass is 9.52. The third-order valence-electron chi connectivity index (χ3n) is 9.58. The number of carbonyl (C=O) groups excluding carboxylic acids is 5. The number of benzene rings is 2. The van der Waals surface area contributed by atoms with E-state index in [9.17, 15) is 39.3 Å². The Morgan fingerprint density at radius 1 is 1.07 bits per heavy atom. The second-order valence-corrected chi connectivity index (χ2v) is 11.8. The van der Waals surface area contributed by atoms with Crippen LogP contribution in [-0.2, 0) is 32.1 Å². The zero-order chi connectivity index (χ0) is 30.1. The van der Waals surface area contributed by atoms with Crippen LogP contribution in [0.2, 0.25) is 0 Å². The smallest absolute Gasteiger partial charge is 0.235 e. The first kappa shape index (κ1) is 28.2. The third kappa shape index (κ3) is 4.02. The highest BCUT2D eigenvalue weighted by atomic mass is 16.5. The maximum atomic E-state index is 13.9. The normalized spacial score (nSPS) is 31.0. The maximum absolute atomic E-state index is 13.9. The molecule has 2 unspecified atom stereocenters. The summed E-state index contributed by atoms with van der Waals surface area (Å²) in [5.41, 5.74) is 4.88. The fraction of sp³-hybridized carbons (Fsp3) is 0.452. The van der Waals surface area contributed by atoms with Crippen molar-refractivity contribution in [2.75, 3.05) is 20.2 Å². The number of Topliss-reactive ketones (excluding diaryl/α,β-unsaturated/α-hetero) is 4. The Labute approximate surface area is 241 Å². The van der Waals surface area contributed by atoms with Crippen molar-refractivity contribution >= 4 is 29.0 Å². The number of hydrogen-bond donors (Lipinski definition) is 4. The molecular weight excluding hydrogens is 544 g/mol. The Bertz CT molecular complexity index is 1550. The molecule has 0 bridgehead atoms. The molecule has 1 heterocycles. The highest BCUT2D eigenvalue weighted by Gasteiger charge is 2.69. The average molecular weight is 577 g/mol. The Morgan fingerprint density at radius 2 is 1.79 bits per heavy atom. The molecule has 3 fully saturated rings. The van der Waals surface area contributed by atoms with Crippen LogP contribution in [0.5, 0.6) is 11.5 Å². The number of amides is 1. The van der Waals surface area contributed by atoms with Crippen LogP contribution >= 0.6 is 0 Å². The van der Waals surface area contributed by atoms with E-state index in [1.165, 1.54) is 6.07 Å². The number of fused-ring (bicyclic) bond motifs is 3. The fourth-order valence-electron chi connectivity index (χ4n) is 7.51. The molecule has 42 heavy (non-hydrogen) atoms. The van der Waals surface area contributed by atoms with E-state index in [0.717, 1.165) is 37.1 Å². The summed E-state index contributed by atoms with van der Waals surface area (Å²) >= 11 is 0. The first-order chi connectivity index (χ1) is 20.0. The van der Waals surface area contributed by atoms with Crippen LogP contribution in [0.3, 0.4) is 0 Å². The van der Waals surface area contributed by atoms with Crippen LogP contribution < -0.4 is 10.5 Å². The predicted molar refractivity (Wildman–Crippen MR) is 146 cm³/mol. The maximum Gasteiger partial charge on any atom is 0.235 e. The van der Waals surface area contributed by atoms with Crippen LogP contribution in [0.1, 0.15) is 40.7 Å². The molecule has 0 spiro atoms. The summed E-state index contributed by atoms with van der Waals surface area (Å²) in [4.78, 5) is 67.6. The summed E-state index contributed by atoms with van der Waals surface area (Å²) in [5, 5.41) is 33.6. The van der Waals surface area contributed by atoms with Gasteiger partial charge in [0, 0.05) is 30.4 Å². The van der Waals surface area contributed by atoms with Crippen molar-refractivity contribution in [3.63, 3.8) is 0 Å². The minimum atomic E-state index is -2.94. The number of aliphatic hydroxyl groups excluding tert-OH is 1. The molecule has 1 amide bonds. The molecule has 2 aromatic carbocycles. The van der Waals surface area contributed by atoms with Crippen molar-refractivity contribution in [1.29, 1.82) is 0 Å². The molecule has 0 aromatic heterocycles. The van der Waals surface area contributed by atoms with E-state index in [-0.39, 0.29) is 17.7 Å². The number of hydrogen-bond acceptors (Lipinski definition) is 10. The van der Waals surface area contributed by atoms with Gasteiger partial charge in [0.15, 0.2) is 34.7 Å². The zero-order valence-electron chi connectivity index (χ0n) is 23.0. The highest BCUT2D eigenvalue weighted by Crippen LogP contribution is 2.51. The first-order valence-corrected chi connectivity index (χ1v) is 14.1. The molecule has 4 aliphatic rings. The number of phenols is 1. The van der Waals surface area contributed by atoms with Gasteiger partial charge < -0.3 is 25.8 Å². The number of carbonyl (C=O) groups is 5. The van der Waals surface area contributed by atoms with E-state index in [4.69, 9.17) is 10.5 Å². The van der Waals surface area contributed by atoms with Crippen LogP contribution in [0.4, 0.5) is 0 Å². The number of rotatable bonds is 5. The van der Waals surface area contributed by atoms with Gasteiger partial charge in [0.2, 0.25) is 5.91 Å². The van der Waals surface area contributed by atoms with Gasteiger partial charge in [0.25, 0.3) is 0 Å². The quantitative estimate of drug-likeness (QED) is 0.367. The molecular formula is C31H32N2O9. The fourth-order valence-corrected chi connectivity index (χ4v) is 7.51. The number of nitrogens with two attached hydrogens (primary N) is 1. The summed E-state index contributed by atoms with van der Waals surface area (Å²) in [5.74, 6) is -11.6. The topological polar surface area (TPSA) is 185 Å². The Kier molecular flexibility index (Phi) is 6.79. The minimum Gasteiger partial charge on any atom is -0.507 e. The summed E-state index contributed by atoms with van der Waals surface area (Å²) in [6.07, 6.45) is -0.0263. The SMILES string of the molecule is COc1ccc(-c2ccc(O)c3c2C[C@@H]2C(C3=O)C(=O)[C@]3(O)C(=O)C(C(N)=O)C(=O)C[C@@H]3[C@H]2O)cc1CN1CCCC1. The molecule has 3 aliphatic carbocycles. The Hall–Kier alpha value is -3.93. The number of aliphatic hydroxyl groups is 2. The first-order valence-electron chi connectivity index (χ1n) is 14.1. The summed E-state index contributed by atoms with van der Waals surface area (Å²) in [7, 11) is 1.60. The van der Waals surface area contributed by atoms with E-state index >= 15 is 0 Å². The molecule has 5 N–H and O–H groups in total. The summed E-state index contributed by atoms with van der Waals surface area (Å²) in [6.45, 7) is 2.62. The summed E-state index contributed by atoms with van der Waals surface area (Å²) < 4.78 is 5.59. The molecule has 11 heteroatoms. The van der Waals surface area contributed by atoms with Crippen molar-refractivity contribution in [2.24, 2.45) is 29.4 Å². The van der Waals surface area contributed by atoms with Crippen molar-refractivity contribution < 1.29 is 44.0 Å². The lowest BCUT2D eigenvalue weighted by molar-refractivity contribution is -0.188. The van der Waals surface area contributed by atoms with Crippen molar-refractivity contribution in [3.8, 4) is 22.6 Å². The average Bonchev–Trinajstić information content (AvgIpc) is 3.46. The number of primary amides is 1. The molecule has 2 saturated carbocycles. The van der Waals surface area contributed by atoms with E-state index in [2.05, 4.69) is 4.90 Å². The van der Waals surface area contributed by atoms with E-state index in [1.54, 1.807) is 13.2 Å². The number of likely N-dealkylation sites (tertiary alicyclic amines) is 1. The number of aromatic hydroxyl groups is 1. The molecule has 6 rings (SSSR count). The van der Waals surface area contributed by atoms with Crippen molar-refractivity contribution in [3.05, 3.63) is 47.0 Å². The van der Waals surface area contributed by atoms with Crippen molar-refractivity contribution in [1.82, 2.24) is 4.90 Å². The van der Waals surface area contributed by atoms with Gasteiger partial charge in [-0.25, -0.2) is 0 Å². The minimum absolute atomic E-state index is 0.0376. The van der Waals surface area contributed by atoms with E-state index < -0.39 is 70.8 Å². The second-order valence-electron chi connectivity index (χ2n) is 11.8. The molecule has 0 radical (unpaired) electrons. The monoisotopic (exact) mass is 576 g/mol. The molecule has 2 aromatic rings. The van der Waals surface area contributed by atoms with Crippen LogP contribution in [0, 0.1) is 23.7 Å². The second kappa shape index (κ2) is 10.1. The Balaban J connectivity index is 1.43. The predicted octanol–water partition coefficient (Wildman–Crippen LogP) is 0.569. The van der Waals surface area contributed by atoms with Gasteiger partial charge in [-0.1, -0.05) is 12.1 Å². The van der Waals surface area contributed by atoms with Crippen LogP contribution in [0.25, 0.3) is 11.1 Å². The van der Waals surface area contributed by atoms with Gasteiger partial charge in [0.1, 0.15) is 11.5 Å². The number of ether oxygens (including phenoxy) is 1. The van der Waals surface area contributed by atoms with Gasteiger partial charge >= 0.3 is 0 Å². The number of methoxy groups -OCH3 is 1. The molecule has 6 atom stereocenters. The lowest BCUT2D eigenvalue weighted by Crippen LogP contribution is -2.72. The molecule has 220 valence electrons. The van der Waals surface area contributed by atoms with Gasteiger partial charge in [-0.15, -0.1) is 0 Å². The Morgan fingerprint density at radius 3 is 2.45 bits per heavy atom. The van der Waals surface area contributed by atoms with Gasteiger partial charge in [0.05, 0.1) is 24.7 Å².